The normalized spacial score (nSPS) is 19.1. The van der Waals surface area contributed by atoms with Crippen molar-refractivity contribution in [2.75, 3.05) is 13.1 Å². The second-order valence-electron chi connectivity index (χ2n) is 6.54. The Morgan fingerprint density at radius 3 is 2.91 bits per heavy atom. The largest absolute Gasteiger partial charge is 0.427 e. The maximum absolute atomic E-state index is 12.2. The van der Waals surface area contributed by atoms with Gasteiger partial charge in [-0.2, -0.15) is 5.10 Å². The van der Waals surface area contributed by atoms with Gasteiger partial charge in [0.2, 0.25) is 12.3 Å². The molecule has 2 aliphatic rings. The van der Waals surface area contributed by atoms with Crippen molar-refractivity contribution in [1.82, 2.24) is 24.9 Å². The van der Waals surface area contributed by atoms with E-state index in [0.29, 0.717) is 18.4 Å². The number of hydrogen-bond donors (Lipinski definition) is 0. The van der Waals surface area contributed by atoms with Crippen LogP contribution in [0.4, 0.5) is 0 Å². The van der Waals surface area contributed by atoms with Crippen LogP contribution < -0.4 is 5.56 Å². The third-order valence-corrected chi connectivity index (χ3v) is 4.93. The summed E-state index contributed by atoms with van der Waals surface area (Å²) in [4.78, 5) is 14.5. The Labute approximate surface area is 134 Å². The highest BCUT2D eigenvalue weighted by atomic mass is 16.4. The van der Waals surface area contributed by atoms with Crippen LogP contribution in [0.15, 0.2) is 21.7 Å². The van der Waals surface area contributed by atoms with Gasteiger partial charge < -0.3 is 4.42 Å². The Kier molecular flexibility index (Phi) is 3.95. The van der Waals surface area contributed by atoms with Gasteiger partial charge in [0.1, 0.15) is 0 Å². The molecule has 1 aliphatic heterocycles. The molecule has 0 amide bonds. The fourth-order valence-corrected chi connectivity index (χ4v) is 3.60. The van der Waals surface area contributed by atoms with E-state index >= 15 is 0 Å². The Balaban J connectivity index is 1.35. The molecule has 0 saturated carbocycles. The lowest BCUT2D eigenvalue weighted by Crippen LogP contribution is -2.36. The van der Waals surface area contributed by atoms with Crippen LogP contribution in [0.3, 0.4) is 0 Å². The zero-order valence-electron chi connectivity index (χ0n) is 13.1. The SMILES string of the molecule is O=c1cc2c(nn1CC1CCN(Cc3nnco3)CC1)CCC2. The third kappa shape index (κ3) is 3.19. The standard InChI is InChI=1S/C16H21N5O2/c22-16-8-13-2-1-3-14(13)19-21(16)9-12-4-6-20(7-5-12)10-15-18-17-11-23-15/h8,11-12H,1-7,9-10H2. The molecule has 1 saturated heterocycles. The minimum absolute atomic E-state index is 0.0546. The average molecular weight is 315 g/mol. The van der Waals surface area contributed by atoms with Crippen LogP contribution in [0, 0.1) is 5.92 Å². The van der Waals surface area contributed by atoms with E-state index in [9.17, 15) is 4.79 Å². The Morgan fingerprint density at radius 1 is 1.26 bits per heavy atom. The number of rotatable bonds is 4. The smallest absolute Gasteiger partial charge is 0.267 e. The molecule has 0 spiro atoms. The summed E-state index contributed by atoms with van der Waals surface area (Å²) in [5, 5.41) is 12.2. The number of likely N-dealkylation sites (tertiary alicyclic amines) is 1. The quantitative estimate of drug-likeness (QED) is 0.838. The Hall–Kier alpha value is -2.02. The lowest BCUT2D eigenvalue weighted by molar-refractivity contribution is 0.152. The van der Waals surface area contributed by atoms with Crippen molar-refractivity contribution in [1.29, 1.82) is 0 Å². The van der Waals surface area contributed by atoms with Gasteiger partial charge in [0.25, 0.3) is 5.56 Å². The zero-order valence-corrected chi connectivity index (χ0v) is 13.1. The molecule has 1 fully saturated rings. The highest BCUT2D eigenvalue weighted by molar-refractivity contribution is 5.22. The predicted octanol–water partition coefficient (Wildman–Crippen LogP) is 1.03. The number of fused-ring (bicyclic) bond motifs is 1. The second kappa shape index (κ2) is 6.23. The first-order valence-corrected chi connectivity index (χ1v) is 8.35. The highest BCUT2D eigenvalue weighted by Gasteiger charge is 2.22. The predicted molar refractivity (Wildman–Crippen MR) is 82.8 cm³/mol. The van der Waals surface area contributed by atoms with Gasteiger partial charge >= 0.3 is 0 Å². The highest BCUT2D eigenvalue weighted by Crippen LogP contribution is 2.21. The van der Waals surface area contributed by atoms with Crippen LogP contribution in [0.2, 0.25) is 0 Å². The molecule has 2 aromatic rings. The van der Waals surface area contributed by atoms with Crippen molar-refractivity contribution in [2.45, 2.75) is 45.2 Å². The molecule has 7 heteroatoms. The second-order valence-corrected chi connectivity index (χ2v) is 6.54. The molecule has 0 unspecified atom stereocenters. The summed E-state index contributed by atoms with van der Waals surface area (Å²) >= 11 is 0. The molecule has 0 radical (unpaired) electrons. The van der Waals surface area contributed by atoms with Crippen LogP contribution in [0.25, 0.3) is 0 Å². The molecule has 0 N–H and O–H groups in total. The van der Waals surface area contributed by atoms with Crippen LogP contribution in [0.5, 0.6) is 0 Å². The van der Waals surface area contributed by atoms with Gasteiger partial charge in [-0.25, -0.2) is 4.68 Å². The van der Waals surface area contributed by atoms with E-state index in [4.69, 9.17) is 4.42 Å². The van der Waals surface area contributed by atoms with Crippen molar-refractivity contribution < 1.29 is 4.42 Å². The summed E-state index contributed by atoms with van der Waals surface area (Å²) in [5.41, 5.74) is 2.33. The van der Waals surface area contributed by atoms with Crippen molar-refractivity contribution >= 4 is 0 Å². The van der Waals surface area contributed by atoms with E-state index < -0.39 is 0 Å². The zero-order chi connectivity index (χ0) is 15.6. The summed E-state index contributed by atoms with van der Waals surface area (Å²) in [6.07, 6.45) is 6.65. The monoisotopic (exact) mass is 315 g/mol. The van der Waals surface area contributed by atoms with Gasteiger partial charge in [0.15, 0.2) is 0 Å². The molecule has 0 aromatic carbocycles. The maximum Gasteiger partial charge on any atom is 0.267 e. The van der Waals surface area contributed by atoms with E-state index in [1.807, 2.05) is 0 Å². The summed E-state index contributed by atoms with van der Waals surface area (Å²) in [7, 11) is 0. The Morgan fingerprint density at radius 2 is 2.13 bits per heavy atom. The molecule has 3 heterocycles. The number of nitrogens with zero attached hydrogens (tertiary/aromatic N) is 5. The van der Waals surface area contributed by atoms with Crippen molar-refractivity contribution in [2.24, 2.45) is 5.92 Å². The first kappa shape index (κ1) is 14.6. The maximum atomic E-state index is 12.2. The van der Waals surface area contributed by atoms with Crippen molar-refractivity contribution in [3.63, 3.8) is 0 Å². The summed E-state index contributed by atoms with van der Waals surface area (Å²) in [6.45, 7) is 3.43. The third-order valence-electron chi connectivity index (χ3n) is 4.93. The van der Waals surface area contributed by atoms with Gasteiger partial charge in [-0.3, -0.25) is 9.69 Å². The first-order chi connectivity index (χ1) is 11.3. The lowest BCUT2D eigenvalue weighted by Gasteiger charge is -2.30. The summed E-state index contributed by atoms with van der Waals surface area (Å²) in [5.74, 6) is 1.18. The van der Waals surface area contributed by atoms with E-state index in [1.165, 1.54) is 6.39 Å². The van der Waals surface area contributed by atoms with E-state index in [1.54, 1.807) is 10.7 Å². The summed E-state index contributed by atoms with van der Waals surface area (Å²) in [6, 6.07) is 1.79. The van der Waals surface area contributed by atoms with Gasteiger partial charge in [-0.15, -0.1) is 10.2 Å². The molecule has 0 bridgehead atoms. The molecule has 4 rings (SSSR count). The number of hydrogen-bond acceptors (Lipinski definition) is 6. The number of aryl methyl sites for hydroxylation is 2. The fourth-order valence-electron chi connectivity index (χ4n) is 3.60. The first-order valence-electron chi connectivity index (χ1n) is 8.35. The molecule has 122 valence electrons. The molecular weight excluding hydrogens is 294 g/mol. The molecule has 23 heavy (non-hydrogen) atoms. The lowest BCUT2D eigenvalue weighted by atomic mass is 9.97. The van der Waals surface area contributed by atoms with Crippen LogP contribution in [0.1, 0.15) is 36.4 Å². The van der Waals surface area contributed by atoms with E-state index in [2.05, 4.69) is 20.2 Å². The topological polar surface area (TPSA) is 77.1 Å². The fraction of sp³-hybridized carbons (Fsp3) is 0.625. The Bertz CT molecular complexity index is 717. The molecule has 7 nitrogen and oxygen atoms in total. The van der Waals surface area contributed by atoms with Crippen LogP contribution in [-0.4, -0.2) is 38.0 Å². The van der Waals surface area contributed by atoms with Gasteiger partial charge in [-0.1, -0.05) is 0 Å². The van der Waals surface area contributed by atoms with Crippen molar-refractivity contribution in [3.05, 3.63) is 40.0 Å². The molecule has 2 aromatic heterocycles. The van der Waals surface area contributed by atoms with E-state index in [-0.39, 0.29) is 5.56 Å². The molecule has 1 aliphatic carbocycles. The van der Waals surface area contributed by atoms with Crippen molar-refractivity contribution in [3.8, 4) is 0 Å². The van der Waals surface area contributed by atoms with Gasteiger partial charge in [-0.05, 0) is 56.7 Å². The van der Waals surface area contributed by atoms with Crippen LogP contribution in [-0.2, 0) is 25.9 Å². The number of aromatic nitrogens is 4. The minimum Gasteiger partial charge on any atom is -0.427 e. The number of piperidine rings is 1. The van der Waals surface area contributed by atoms with E-state index in [0.717, 1.165) is 63.0 Å². The molecule has 0 atom stereocenters. The summed E-state index contributed by atoms with van der Waals surface area (Å²) < 4.78 is 6.88. The van der Waals surface area contributed by atoms with Gasteiger partial charge in [0, 0.05) is 12.6 Å². The van der Waals surface area contributed by atoms with Gasteiger partial charge in [0.05, 0.1) is 12.2 Å². The minimum atomic E-state index is 0.0546. The average Bonchev–Trinajstić information content (AvgIpc) is 3.21. The van der Waals surface area contributed by atoms with Crippen LogP contribution >= 0.6 is 0 Å². The molecular formula is C16H21N5O2.